The van der Waals surface area contributed by atoms with Crippen molar-refractivity contribution in [2.45, 2.75) is 8.42 Å². The zero-order valence-corrected chi connectivity index (χ0v) is 12.0. The summed E-state index contributed by atoms with van der Waals surface area (Å²) in [6.45, 7) is 0. The maximum Gasteiger partial charge on any atom is 0.227 e. The Morgan fingerprint density at radius 3 is 1.75 bits per heavy atom. The number of thioether (sulfide) groups is 2. The van der Waals surface area contributed by atoms with Gasteiger partial charge in [-0.3, -0.25) is 9.59 Å². The molecule has 0 saturated carbocycles. The van der Waals surface area contributed by atoms with Crippen LogP contribution in [0.4, 0.5) is 0 Å². The van der Waals surface area contributed by atoms with Gasteiger partial charge in [0, 0.05) is 0 Å². The summed E-state index contributed by atoms with van der Waals surface area (Å²) in [4.78, 5) is 21.3. The van der Waals surface area contributed by atoms with Crippen LogP contribution < -0.4 is 11.5 Å². The molecular weight excluding hydrogens is 304 g/mol. The number of hydrogen-bond donors (Lipinski definition) is 2. The Hall–Kier alpha value is -0.0900. The normalized spacial score (nSPS) is 10.2. The lowest BCUT2D eigenvalue weighted by Gasteiger charge is -1.98. The molecule has 16 heavy (non-hydrogen) atoms. The Kier molecular flexibility index (Phi) is 5.76. The molecule has 2 amide bonds. The van der Waals surface area contributed by atoms with E-state index in [1.807, 2.05) is 0 Å². The molecule has 1 aromatic rings. The third-order valence-corrected chi connectivity index (χ3v) is 6.84. The fraction of sp³-hybridized carbons (Fsp3) is 0.286. The van der Waals surface area contributed by atoms with Gasteiger partial charge in [-0.25, -0.2) is 0 Å². The molecule has 0 saturated heterocycles. The van der Waals surface area contributed by atoms with Crippen LogP contribution in [-0.4, -0.2) is 23.3 Å². The van der Waals surface area contributed by atoms with Gasteiger partial charge in [0.1, 0.15) is 3.14 Å². The van der Waals surface area contributed by atoms with Crippen molar-refractivity contribution in [3.05, 3.63) is 3.14 Å². The minimum absolute atomic E-state index is 0.214. The van der Waals surface area contributed by atoms with Crippen LogP contribution >= 0.6 is 58.4 Å². The van der Waals surface area contributed by atoms with E-state index in [9.17, 15) is 9.59 Å². The van der Waals surface area contributed by atoms with Gasteiger partial charge in [0.2, 0.25) is 11.8 Å². The van der Waals surface area contributed by atoms with E-state index >= 15 is 0 Å². The first-order chi connectivity index (χ1) is 7.49. The number of nitrogens with two attached hydrogens (primary N) is 2. The molecule has 0 fully saturated rings. The molecule has 4 N–H and O–H groups in total. The van der Waals surface area contributed by atoms with Crippen molar-refractivity contribution in [2.24, 2.45) is 11.5 Å². The number of carbonyl (C=O) groups is 2. The third-order valence-electron chi connectivity index (χ3n) is 1.21. The van der Waals surface area contributed by atoms with E-state index in [-0.39, 0.29) is 23.3 Å². The Bertz CT molecular complexity index is 413. The lowest BCUT2D eigenvalue weighted by molar-refractivity contribution is -0.116. The summed E-state index contributed by atoms with van der Waals surface area (Å²) in [6.07, 6.45) is 0. The average Bonchev–Trinajstić information content (AvgIpc) is 2.52. The Balaban J connectivity index is 2.70. The zero-order valence-electron chi connectivity index (χ0n) is 7.93. The zero-order chi connectivity index (χ0) is 12.1. The minimum atomic E-state index is -0.375. The summed E-state index contributed by atoms with van der Waals surface area (Å²) in [6, 6.07) is 0. The number of carbonyl (C=O) groups excluding carboxylic acids is 2. The van der Waals surface area contributed by atoms with Crippen LogP contribution in [0.3, 0.4) is 0 Å². The second-order valence-electron chi connectivity index (χ2n) is 2.54. The smallest absolute Gasteiger partial charge is 0.227 e. The van der Waals surface area contributed by atoms with Gasteiger partial charge in [-0.1, -0.05) is 12.2 Å². The van der Waals surface area contributed by atoms with Crippen molar-refractivity contribution >= 4 is 70.2 Å². The van der Waals surface area contributed by atoms with E-state index in [1.54, 1.807) is 0 Å². The molecule has 1 heterocycles. The van der Waals surface area contributed by atoms with Crippen LogP contribution in [-0.2, 0) is 9.59 Å². The molecular formula is C7H8N2O2S5. The van der Waals surface area contributed by atoms with E-state index in [2.05, 4.69) is 0 Å². The first kappa shape index (κ1) is 14.0. The van der Waals surface area contributed by atoms with Crippen LogP contribution in [0.5, 0.6) is 0 Å². The molecule has 0 aromatic carbocycles. The predicted octanol–water partition coefficient (Wildman–Crippen LogP) is 1.69. The third kappa shape index (κ3) is 4.83. The second kappa shape index (κ2) is 6.60. The molecule has 0 aliphatic rings. The van der Waals surface area contributed by atoms with Gasteiger partial charge in [0.25, 0.3) is 0 Å². The van der Waals surface area contributed by atoms with Gasteiger partial charge in [-0.15, -0.1) is 46.2 Å². The topological polar surface area (TPSA) is 86.2 Å². The fourth-order valence-electron chi connectivity index (χ4n) is 0.706. The van der Waals surface area contributed by atoms with Crippen molar-refractivity contribution in [3.8, 4) is 0 Å². The molecule has 4 nitrogen and oxygen atoms in total. The van der Waals surface area contributed by atoms with E-state index in [1.165, 1.54) is 46.2 Å². The molecule has 9 heteroatoms. The highest BCUT2D eigenvalue weighted by molar-refractivity contribution is 8.05. The highest BCUT2D eigenvalue weighted by atomic mass is 32.2. The van der Waals surface area contributed by atoms with Gasteiger partial charge >= 0.3 is 0 Å². The maximum absolute atomic E-state index is 10.7. The summed E-state index contributed by atoms with van der Waals surface area (Å²) in [7, 11) is 0. The van der Waals surface area contributed by atoms with Gasteiger partial charge in [-0.2, -0.15) is 0 Å². The molecule has 1 aromatic heterocycles. The van der Waals surface area contributed by atoms with Crippen molar-refractivity contribution in [1.82, 2.24) is 0 Å². The highest BCUT2D eigenvalue weighted by Crippen LogP contribution is 2.40. The standard InChI is InChI=1S/C7H8N2O2S5/c8-3(10)1-13-5-6(14-2-4(9)11)16-7(12)15-5/h1-2H2,(H2,8,10)(H2,9,11). The van der Waals surface area contributed by atoms with Crippen LogP contribution in [0.2, 0.25) is 0 Å². The molecule has 0 aliphatic heterocycles. The van der Waals surface area contributed by atoms with Crippen LogP contribution in [0.1, 0.15) is 0 Å². The van der Waals surface area contributed by atoms with E-state index in [4.69, 9.17) is 23.7 Å². The monoisotopic (exact) mass is 312 g/mol. The lowest BCUT2D eigenvalue weighted by Crippen LogP contribution is -2.13. The van der Waals surface area contributed by atoms with Crippen LogP contribution in [0, 0.1) is 3.14 Å². The molecule has 0 aliphatic carbocycles. The Morgan fingerprint density at radius 1 is 1.06 bits per heavy atom. The first-order valence-electron chi connectivity index (χ1n) is 3.95. The largest absolute Gasteiger partial charge is 0.369 e. The van der Waals surface area contributed by atoms with Crippen molar-refractivity contribution in [3.63, 3.8) is 0 Å². The van der Waals surface area contributed by atoms with Crippen molar-refractivity contribution in [1.29, 1.82) is 0 Å². The Labute approximate surface area is 114 Å². The van der Waals surface area contributed by atoms with Crippen LogP contribution in [0.25, 0.3) is 0 Å². The van der Waals surface area contributed by atoms with Gasteiger partial charge in [0.05, 0.1) is 19.9 Å². The molecule has 0 radical (unpaired) electrons. The predicted molar refractivity (Wildman–Crippen MR) is 72.9 cm³/mol. The fourth-order valence-corrected chi connectivity index (χ4v) is 6.29. The van der Waals surface area contributed by atoms with Crippen molar-refractivity contribution < 1.29 is 9.59 Å². The SMILES string of the molecule is NC(=O)CSc1sc(=S)sc1SCC(N)=O. The molecule has 1 rings (SSSR count). The minimum Gasteiger partial charge on any atom is -0.369 e. The molecule has 88 valence electrons. The summed E-state index contributed by atoms with van der Waals surface area (Å²) in [5.41, 5.74) is 10.1. The van der Waals surface area contributed by atoms with E-state index in [0.717, 1.165) is 11.6 Å². The second-order valence-corrected chi connectivity index (χ2v) is 8.25. The maximum atomic E-state index is 10.7. The quantitative estimate of drug-likeness (QED) is 0.617. The summed E-state index contributed by atoms with van der Waals surface area (Å²) >= 11 is 10.6. The molecule has 0 atom stereocenters. The Morgan fingerprint density at radius 2 is 1.44 bits per heavy atom. The highest BCUT2D eigenvalue weighted by Gasteiger charge is 2.11. The van der Waals surface area contributed by atoms with Gasteiger partial charge in [-0.05, 0) is 0 Å². The average molecular weight is 312 g/mol. The summed E-state index contributed by atoms with van der Waals surface area (Å²) in [5.74, 6) is -0.321. The first-order valence-corrected chi connectivity index (χ1v) is 7.96. The number of hydrogen-bond acceptors (Lipinski definition) is 7. The summed E-state index contributed by atoms with van der Waals surface area (Å²) < 4.78 is 2.62. The van der Waals surface area contributed by atoms with E-state index in [0.29, 0.717) is 0 Å². The van der Waals surface area contributed by atoms with E-state index < -0.39 is 0 Å². The lowest BCUT2D eigenvalue weighted by atomic mass is 10.8. The molecule has 0 unspecified atom stereocenters. The number of rotatable bonds is 6. The number of primary amides is 2. The van der Waals surface area contributed by atoms with Gasteiger partial charge in [0.15, 0.2) is 0 Å². The van der Waals surface area contributed by atoms with Gasteiger partial charge < -0.3 is 11.5 Å². The summed E-state index contributed by atoms with van der Waals surface area (Å²) in [5, 5.41) is 0. The van der Waals surface area contributed by atoms with Crippen LogP contribution in [0.15, 0.2) is 8.42 Å². The number of amides is 2. The van der Waals surface area contributed by atoms with Crippen molar-refractivity contribution in [2.75, 3.05) is 11.5 Å². The molecule has 0 spiro atoms. The molecule has 0 bridgehead atoms.